The normalized spacial score (nSPS) is 10.6. The first-order valence-electron chi connectivity index (χ1n) is 5.05. The van der Waals surface area contributed by atoms with Gasteiger partial charge in [-0.3, -0.25) is 10.1 Å². The molecule has 0 aliphatic rings. The molecule has 0 saturated carbocycles. The number of amides is 1. The number of aryl methyl sites for hydroxylation is 1. The number of anilines is 1. The van der Waals surface area contributed by atoms with Gasteiger partial charge in [0.25, 0.3) is 0 Å². The molecule has 7 nitrogen and oxygen atoms in total. The zero-order valence-electron chi connectivity index (χ0n) is 9.88. The average Bonchev–Trinajstić information content (AvgIpc) is 2.96. The Morgan fingerprint density at radius 2 is 2.44 bits per heavy atom. The molecule has 96 valence electrons. The molecule has 0 bridgehead atoms. The second kappa shape index (κ2) is 5.91. The van der Waals surface area contributed by atoms with E-state index in [0.717, 1.165) is 5.16 Å². The van der Waals surface area contributed by atoms with Gasteiger partial charge < -0.3 is 4.57 Å². The molecular weight excluding hydrogens is 272 g/mol. The molecule has 9 heteroatoms. The van der Waals surface area contributed by atoms with Crippen molar-refractivity contribution >= 4 is 35.4 Å². The largest absolute Gasteiger partial charge is 0.329 e. The molecule has 0 saturated heterocycles. The summed E-state index contributed by atoms with van der Waals surface area (Å²) in [7, 11) is 1.88. The maximum atomic E-state index is 11.7. The number of nitrogens with one attached hydrogen (secondary N) is 2. The molecule has 0 radical (unpaired) electrons. The molecule has 2 aromatic heterocycles. The van der Waals surface area contributed by atoms with Crippen molar-refractivity contribution in [3.63, 3.8) is 0 Å². The zero-order valence-corrected chi connectivity index (χ0v) is 11.5. The fraction of sp³-hybridized carbons (Fsp3) is 0.333. The predicted molar refractivity (Wildman–Crippen MR) is 70.7 cm³/mol. The lowest BCUT2D eigenvalue weighted by Crippen LogP contribution is -2.15. The molecule has 0 atom stereocenters. The van der Waals surface area contributed by atoms with Crippen molar-refractivity contribution in [2.45, 2.75) is 10.3 Å². The molecule has 2 heterocycles. The number of aromatic nitrogens is 5. The van der Waals surface area contributed by atoms with Gasteiger partial charge in [0, 0.05) is 19.4 Å². The molecule has 0 unspecified atom stereocenters. The van der Waals surface area contributed by atoms with Gasteiger partial charge in [0.05, 0.1) is 5.75 Å². The number of nitrogens with zero attached hydrogens (tertiary/aromatic N) is 4. The summed E-state index contributed by atoms with van der Waals surface area (Å²) in [4.78, 5) is 19.8. The van der Waals surface area contributed by atoms with E-state index in [2.05, 4.69) is 25.5 Å². The summed E-state index contributed by atoms with van der Waals surface area (Å²) in [6, 6.07) is 0. The fourth-order valence-corrected chi connectivity index (χ4v) is 2.23. The van der Waals surface area contributed by atoms with Crippen LogP contribution in [-0.2, 0) is 11.8 Å². The van der Waals surface area contributed by atoms with E-state index in [0.29, 0.717) is 11.1 Å². The molecule has 0 aromatic carbocycles. The van der Waals surface area contributed by atoms with Gasteiger partial charge in [-0.05, 0) is 6.26 Å². The van der Waals surface area contributed by atoms with E-state index in [1.165, 1.54) is 23.5 Å². The molecule has 2 aromatic rings. The lowest BCUT2D eigenvalue weighted by atomic mass is 10.7. The Morgan fingerprint density at radius 1 is 1.61 bits per heavy atom. The van der Waals surface area contributed by atoms with Crippen LogP contribution < -0.4 is 5.32 Å². The van der Waals surface area contributed by atoms with Crippen LogP contribution in [0.1, 0.15) is 0 Å². The second-order valence-corrected chi connectivity index (χ2v) is 5.04. The van der Waals surface area contributed by atoms with Gasteiger partial charge in [0.1, 0.15) is 0 Å². The number of H-pyrrole nitrogens is 1. The maximum Gasteiger partial charge on any atom is 0.237 e. The summed E-state index contributed by atoms with van der Waals surface area (Å²) in [5.41, 5.74) is 0. The molecular formula is C9H12N6OS2. The van der Waals surface area contributed by atoms with E-state index in [1.807, 2.05) is 24.1 Å². The van der Waals surface area contributed by atoms with Gasteiger partial charge in [0.2, 0.25) is 17.0 Å². The lowest BCUT2D eigenvalue weighted by Gasteiger charge is -2.01. The predicted octanol–water partition coefficient (Wildman–Crippen LogP) is 0.991. The van der Waals surface area contributed by atoms with Gasteiger partial charge >= 0.3 is 0 Å². The number of hydrogen-bond donors (Lipinski definition) is 2. The Hall–Kier alpha value is -1.48. The molecule has 18 heavy (non-hydrogen) atoms. The van der Waals surface area contributed by atoms with Crippen LogP contribution in [0.5, 0.6) is 0 Å². The number of rotatable bonds is 5. The molecule has 0 spiro atoms. The molecule has 0 aliphatic heterocycles. The van der Waals surface area contributed by atoms with Gasteiger partial charge in [-0.15, -0.1) is 5.10 Å². The minimum Gasteiger partial charge on any atom is -0.329 e. The number of thioether (sulfide) groups is 2. The molecule has 2 rings (SSSR count). The van der Waals surface area contributed by atoms with Gasteiger partial charge in [-0.25, -0.2) is 10.1 Å². The monoisotopic (exact) mass is 284 g/mol. The molecule has 1 amide bonds. The number of carbonyl (C=O) groups is 1. The summed E-state index contributed by atoms with van der Waals surface area (Å²) in [5, 5.41) is 10.6. The quantitative estimate of drug-likeness (QED) is 0.796. The number of imidazole rings is 1. The highest BCUT2D eigenvalue weighted by molar-refractivity contribution is 7.99. The van der Waals surface area contributed by atoms with Gasteiger partial charge in [-0.2, -0.15) is 4.98 Å². The van der Waals surface area contributed by atoms with Crippen LogP contribution in [0.25, 0.3) is 0 Å². The third-order valence-corrected chi connectivity index (χ3v) is 3.62. The van der Waals surface area contributed by atoms with Crippen molar-refractivity contribution < 1.29 is 4.79 Å². The van der Waals surface area contributed by atoms with Crippen LogP contribution in [0.15, 0.2) is 22.7 Å². The summed E-state index contributed by atoms with van der Waals surface area (Å²) in [6.45, 7) is 0. The Bertz CT molecular complexity index is 537. The summed E-state index contributed by atoms with van der Waals surface area (Å²) >= 11 is 2.77. The molecule has 2 N–H and O–H groups in total. The third-order valence-electron chi connectivity index (χ3n) is 2.01. The van der Waals surface area contributed by atoms with E-state index in [1.54, 1.807) is 6.20 Å². The number of carbonyl (C=O) groups excluding carboxylic acids is 1. The third kappa shape index (κ3) is 3.26. The van der Waals surface area contributed by atoms with Crippen LogP contribution in [-0.4, -0.2) is 42.6 Å². The van der Waals surface area contributed by atoms with Crippen molar-refractivity contribution in [2.24, 2.45) is 7.05 Å². The molecule has 0 aliphatic carbocycles. The van der Waals surface area contributed by atoms with Crippen molar-refractivity contribution in [3.05, 3.63) is 12.4 Å². The smallest absolute Gasteiger partial charge is 0.237 e. The van der Waals surface area contributed by atoms with Crippen LogP contribution in [0.4, 0.5) is 5.95 Å². The standard InChI is InChI=1S/C9H12N6OS2/c1-15-4-3-10-9(15)18-5-6(16)11-7-12-8(17-2)14-13-7/h3-4H,5H2,1-2H3,(H2,11,12,13,14,16). The highest BCUT2D eigenvalue weighted by atomic mass is 32.2. The van der Waals surface area contributed by atoms with Crippen molar-refractivity contribution in [1.82, 2.24) is 24.7 Å². The highest BCUT2D eigenvalue weighted by Gasteiger charge is 2.09. The van der Waals surface area contributed by atoms with Crippen LogP contribution in [0.3, 0.4) is 0 Å². The van der Waals surface area contributed by atoms with E-state index in [-0.39, 0.29) is 11.7 Å². The Balaban J connectivity index is 1.84. The summed E-state index contributed by atoms with van der Waals surface area (Å²) in [6.07, 6.45) is 5.40. The fourth-order valence-electron chi connectivity index (χ4n) is 1.18. The first kappa shape index (κ1) is 13.0. The van der Waals surface area contributed by atoms with E-state index in [9.17, 15) is 4.79 Å². The molecule has 0 fully saturated rings. The summed E-state index contributed by atoms with van der Waals surface area (Å²) in [5.74, 6) is 0.497. The Morgan fingerprint density at radius 3 is 3.06 bits per heavy atom. The van der Waals surface area contributed by atoms with Crippen LogP contribution in [0.2, 0.25) is 0 Å². The van der Waals surface area contributed by atoms with Gasteiger partial charge in [-0.1, -0.05) is 23.5 Å². The lowest BCUT2D eigenvalue weighted by molar-refractivity contribution is -0.113. The second-order valence-electron chi connectivity index (χ2n) is 3.33. The Kier molecular flexibility index (Phi) is 4.26. The average molecular weight is 284 g/mol. The minimum atomic E-state index is -0.146. The minimum absolute atomic E-state index is 0.146. The zero-order chi connectivity index (χ0) is 13.0. The van der Waals surface area contributed by atoms with Crippen LogP contribution in [0, 0.1) is 0 Å². The first-order chi connectivity index (χ1) is 8.69. The first-order valence-corrected chi connectivity index (χ1v) is 7.26. The SMILES string of the molecule is CSc1n[nH]c(NC(=O)CSc2nccn2C)n1. The summed E-state index contributed by atoms with van der Waals surface area (Å²) < 4.78 is 1.86. The van der Waals surface area contributed by atoms with Crippen molar-refractivity contribution in [1.29, 1.82) is 0 Å². The van der Waals surface area contributed by atoms with Crippen LogP contribution >= 0.6 is 23.5 Å². The van der Waals surface area contributed by atoms with E-state index < -0.39 is 0 Å². The van der Waals surface area contributed by atoms with Crippen molar-refractivity contribution in [2.75, 3.05) is 17.3 Å². The number of aromatic amines is 1. The number of hydrogen-bond acceptors (Lipinski definition) is 6. The van der Waals surface area contributed by atoms with E-state index in [4.69, 9.17) is 0 Å². The van der Waals surface area contributed by atoms with Gasteiger partial charge in [0.15, 0.2) is 5.16 Å². The highest BCUT2D eigenvalue weighted by Crippen LogP contribution is 2.15. The topological polar surface area (TPSA) is 88.5 Å². The Labute approximate surface area is 112 Å². The van der Waals surface area contributed by atoms with E-state index >= 15 is 0 Å². The van der Waals surface area contributed by atoms with Crippen molar-refractivity contribution in [3.8, 4) is 0 Å². The maximum absolute atomic E-state index is 11.7.